The zero-order valence-electron chi connectivity index (χ0n) is 33.6. The lowest BCUT2D eigenvalue weighted by molar-refractivity contribution is 1.14. The minimum Gasteiger partial charge on any atom is -0.279 e. The average molecular weight is 840 g/mol. The maximum absolute atomic E-state index is 5.18. The lowest BCUT2D eigenvalue weighted by Crippen LogP contribution is -2.13. The molecule has 5 nitrogen and oxygen atoms in total. The summed E-state index contributed by atoms with van der Waals surface area (Å²) < 4.78 is 2.05. The van der Waals surface area contributed by atoms with Gasteiger partial charge in [0, 0.05) is 41.3 Å². The number of rotatable bonds is 6. The highest BCUT2D eigenvalue weighted by Crippen LogP contribution is 2.41. The molecule has 0 saturated heterocycles. The molecule has 7 heteroatoms. The number of nitrogens with zero attached hydrogens (tertiary/aromatic N) is 5. The molecular formula is C56H33N5S2. The van der Waals surface area contributed by atoms with Gasteiger partial charge in [0.1, 0.15) is 21.7 Å². The molecule has 0 bridgehead atoms. The van der Waals surface area contributed by atoms with Crippen LogP contribution < -0.4 is 4.90 Å². The van der Waals surface area contributed by atoms with Crippen molar-refractivity contribution in [3.63, 3.8) is 0 Å². The molecule has 0 fully saturated rings. The molecule has 0 saturated carbocycles. The summed E-state index contributed by atoms with van der Waals surface area (Å²) in [6.07, 6.45) is 3.89. The zero-order valence-corrected chi connectivity index (χ0v) is 35.2. The molecule has 0 radical (unpaired) electrons. The fourth-order valence-electron chi connectivity index (χ4n) is 8.91. The molecule has 9 aromatic carbocycles. The van der Waals surface area contributed by atoms with Crippen LogP contribution in [0.1, 0.15) is 0 Å². The number of benzene rings is 9. The molecule has 13 aromatic rings. The van der Waals surface area contributed by atoms with Crippen molar-refractivity contribution in [3.05, 3.63) is 200 Å². The van der Waals surface area contributed by atoms with Crippen molar-refractivity contribution in [2.24, 2.45) is 0 Å². The van der Waals surface area contributed by atoms with Crippen LogP contribution in [0.25, 0.3) is 107 Å². The van der Waals surface area contributed by atoms with Crippen LogP contribution in [0, 0.1) is 0 Å². The molecule has 0 aliphatic rings. The van der Waals surface area contributed by atoms with Crippen LogP contribution in [0.15, 0.2) is 200 Å². The normalized spacial score (nSPS) is 11.8. The number of fused-ring (bicyclic) bond motifs is 8. The number of hydrogen-bond acceptors (Lipinski definition) is 7. The van der Waals surface area contributed by atoms with Crippen molar-refractivity contribution in [2.75, 3.05) is 4.90 Å². The number of pyridine rings is 2. The summed E-state index contributed by atoms with van der Waals surface area (Å²) >= 11 is 3.32. The summed E-state index contributed by atoms with van der Waals surface area (Å²) in [7, 11) is 0. The molecule has 0 N–H and O–H groups in total. The summed E-state index contributed by atoms with van der Waals surface area (Å²) in [5.41, 5.74) is 7.33. The predicted octanol–water partition coefficient (Wildman–Crippen LogP) is 15.9. The first-order chi connectivity index (χ1) is 31.1. The van der Waals surface area contributed by atoms with E-state index in [9.17, 15) is 0 Å². The Bertz CT molecular complexity index is 3810. The van der Waals surface area contributed by atoms with Crippen molar-refractivity contribution >= 4 is 114 Å². The maximum atomic E-state index is 5.18. The van der Waals surface area contributed by atoms with Gasteiger partial charge in [0.15, 0.2) is 0 Å². The fraction of sp³-hybridized carbons (Fsp3) is 0. The summed E-state index contributed by atoms with van der Waals surface area (Å²) in [5, 5.41) is 14.0. The minimum absolute atomic E-state index is 0.731. The second-order valence-electron chi connectivity index (χ2n) is 16.0. The Labute approximate surface area is 369 Å². The molecule has 0 spiro atoms. The second-order valence-corrected chi connectivity index (χ2v) is 18.0. The van der Waals surface area contributed by atoms with Crippen LogP contribution in [-0.2, 0) is 0 Å². The third-order valence-electron chi connectivity index (χ3n) is 12.1. The zero-order chi connectivity index (χ0) is 41.4. The quantitative estimate of drug-likeness (QED) is 0.156. The van der Waals surface area contributed by atoms with Gasteiger partial charge in [-0.05, 0) is 101 Å². The minimum atomic E-state index is 0.731. The van der Waals surface area contributed by atoms with E-state index in [0.29, 0.717) is 0 Å². The summed E-state index contributed by atoms with van der Waals surface area (Å²) in [4.78, 5) is 22.7. The van der Waals surface area contributed by atoms with E-state index in [-0.39, 0.29) is 0 Å². The van der Waals surface area contributed by atoms with Crippen molar-refractivity contribution in [1.82, 2.24) is 19.9 Å². The van der Waals surface area contributed by atoms with Gasteiger partial charge in [-0.2, -0.15) is 0 Å². The van der Waals surface area contributed by atoms with Crippen LogP contribution >= 0.6 is 22.7 Å². The Morgan fingerprint density at radius 1 is 0.333 bits per heavy atom. The van der Waals surface area contributed by atoms with Gasteiger partial charge >= 0.3 is 0 Å². The molecule has 294 valence electrons. The number of thiazole rings is 2. The van der Waals surface area contributed by atoms with E-state index in [4.69, 9.17) is 19.9 Å². The first-order valence-electron chi connectivity index (χ1n) is 20.9. The first kappa shape index (κ1) is 35.9. The highest BCUT2D eigenvalue weighted by Gasteiger charge is 2.20. The van der Waals surface area contributed by atoms with Gasteiger partial charge in [-0.25, -0.2) is 19.9 Å². The van der Waals surface area contributed by atoms with Gasteiger partial charge in [0.25, 0.3) is 0 Å². The van der Waals surface area contributed by atoms with E-state index >= 15 is 0 Å². The SMILES string of the molecule is c1ccc2cc(-c3ccc4c(ccc5cc(N(c6cc7nc(-c8ccc9ccccc9c8)sc7cn6)c6cc7nc(-c8ccc9ccccc9c8)sc7cn6)ccc54)c3)ccc2c1. The Balaban J connectivity index is 0.922. The van der Waals surface area contributed by atoms with Crippen molar-refractivity contribution in [2.45, 2.75) is 0 Å². The van der Waals surface area contributed by atoms with E-state index in [1.54, 1.807) is 22.7 Å². The first-order valence-corrected chi connectivity index (χ1v) is 22.5. The van der Waals surface area contributed by atoms with Crippen LogP contribution in [-0.4, -0.2) is 19.9 Å². The number of aromatic nitrogens is 4. The molecule has 13 rings (SSSR count). The van der Waals surface area contributed by atoms with Gasteiger partial charge in [0.2, 0.25) is 0 Å². The molecule has 0 aliphatic carbocycles. The highest BCUT2D eigenvalue weighted by molar-refractivity contribution is 7.22. The molecule has 0 aliphatic heterocycles. The third kappa shape index (κ3) is 6.28. The van der Waals surface area contributed by atoms with Crippen molar-refractivity contribution < 1.29 is 0 Å². The molecule has 4 heterocycles. The van der Waals surface area contributed by atoms with Crippen molar-refractivity contribution in [1.29, 1.82) is 0 Å². The second kappa shape index (κ2) is 14.4. The maximum Gasteiger partial charge on any atom is 0.140 e. The monoisotopic (exact) mass is 839 g/mol. The van der Waals surface area contributed by atoms with Gasteiger partial charge in [-0.1, -0.05) is 140 Å². The molecular weight excluding hydrogens is 807 g/mol. The Hall–Kier alpha value is -7.84. The smallest absolute Gasteiger partial charge is 0.140 e. The molecule has 0 unspecified atom stereocenters. The largest absolute Gasteiger partial charge is 0.279 e. The van der Waals surface area contributed by atoms with Crippen LogP contribution in [0.2, 0.25) is 0 Å². The van der Waals surface area contributed by atoms with Crippen molar-refractivity contribution in [3.8, 4) is 32.3 Å². The van der Waals surface area contributed by atoms with Crippen LogP contribution in [0.5, 0.6) is 0 Å². The Morgan fingerprint density at radius 2 is 0.730 bits per heavy atom. The summed E-state index contributed by atoms with van der Waals surface area (Å²) in [6, 6.07) is 67.3. The molecule has 4 aromatic heterocycles. The van der Waals surface area contributed by atoms with E-state index in [2.05, 4.69) is 193 Å². The van der Waals surface area contributed by atoms with Gasteiger partial charge < -0.3 is 0 Å². The lowest BCUT2D eigenvalue weighted by Gasteiger charge is -2.23. The van der Waals surface area contributed by atoms with E-state index in [1.165, 1.54) is 59.6 Å². The van der Waals surface area contributed by atoms with Gasteiger partial charge in [-0.3, -0.25) is 4.90 Å². The summed E-state index contributed by atoms with van der Waals surface area (Å²) in [5.74, 6) is 1.46. The van der Waals surface area contributed by atoms with Crippen LogP contribution in [0.3, 0.4) is 0 Å². The molecule has 0 amide bonds. The molecule has 63 heavy (non-hydrogen) atoms. The summed E-state index contributed by atoms with van der Waals surface area (Å²) in [6.45, 7) is 0. The van der Waals surface area contributed by atoms with E-state index in [1.807, 2.05) is 12.4 Å². The lowest BCUT2D eigenvalue weighted by atomic mass is 9.96. The topological polar surface area (TPSA) is 54.8 Å². The molecule has 0 atom stereocenters. The van der Waals surface area contributed by atoms with Gasteiger partial charge in [-0.15, -0.1) is 22.7 Å². The predicted molar refractivity (Wildman–Crippen MR) is 267 cm³/mol. The highest BCUT2D eigenvalue weighted by atomic mass is 32.1. The van der Waals surface area contributed by atoms with Gasteiger partial charge in [0.05, 0.1) is 20.4 Å². The van der Waals surface area contributed by atoms with Crippen LogP contribution in [0.4, 0.5) is 17.3 Å². The number of anilines is 3. The Kier molecular flexibility index (Phi) is 8.19. The average Bonchev–Trinajstić information content (AvgIpc) is 3.98. The Morgan fingerprint density at radius 3 is 1.25 bits per heavy atom. The number of hydrogen-bond donors (Lipinski definition) is 0. The van der Waals surface area contributed by atoms with E-state index < -0.39 is 0 Å². The standard InChI is InChI=1S/C56H33N5S2/c1-4-10-37-25-40(16-13-34(37)7-1)41-21-23-47-42(26-41)17-18-43-29-46(22-24-48(43)47)61(53-30-49-51(32-57-53)62-55(59-49)44-19-14-35-8-2-5-11-38(35)27-44)54-31-50-52(33-58-54)63-56(60-50)45-20-15-36-9-3-6-12-39(36)28-45/h1-33H. The fourth-order valence-corrected chi connectivity index (χ4v) is 10.7. The van der Waals surface area contributed by atoms with E-state index in [0.717, 1.165) is 64.3 Å². The third-order valence-corrected chi connectivity index (χ3v) is 14.2.